The van der Waals surface area contributed by atoms with Crippen LogP contribution in [0.25, 0.3) is 16.7 Å². The van der Waals surface area contributed by atoms with E-state index >= 15 is 0 Å². The van der Waals surface area contributed by atoms with E-state index in [4.69, 9.17) is 19.2 Å². The highest BCUT2D eigenvalue weighted by atomic mass is 16.5. The van der Waals surface area contributed by atoms with Crippen LogP contribution in [-0.4, -0.2) is 46.3 Å². The lowest BCUT2D eigenvalue weighted by molar-refractivity contribution is -0.134. The number of hydrogen-bond donors (Lipinski definition) is 1. The van der Waals surface area contributed by atoms with Gasteiger partial charge in [-0.3, -0.25) is 9.20 Å². The summed E-state index contributed by atoms with van der Waals surface area (Å²) in [4.78, 5) is 16.7. The number of rotatable bonds is 10. The summed E-state index contributed by atoms with van der Waals surface area (Å²) < 4.78 is 18.1. The summed E-state index contributed by atoms with van der Waals surface area (Å²) in [7, 11) is 3.20. The number of aromatic nitrogens is 4. The van der Waals surface area contributed by atoms with E-state index < -0.39 is 0 Å². The molecule has 1 N–H and O–H groups in total. The van der Waals surface area contributed by atoms with Crippen LogP contribution in [0.15, 0.2) is 42.5 Å². The Morgan fingerprint density at radius 2 is 1.76 bits per heavy atom. The molecule has 0 bridgehead atoms. The molecule has 9 nitrogen and oxygen atoms in total. The van der Waals surface area contributed by atoms with Crippen LogP contribution >= 0.6 is 0 Å². The summed E-state index contributed by atoms with van der Waals surface area (Å²) in [6, 6.07) is 12.8. The number of anilines is 1. The topological polar surface area (TPSA) is 99.9 Å². The molecular weight excluding hydrogens is 422 g/mol. The average molecular weight is 450 g/mol. The van der Waals surface area contributed by atoms with Crippen molar-refractivity contribution in [1.82, 2.24) is 19.6 Å². The fraction of sp³-hybridized carbons (Fsp3) is 0.333. The van der Waals surface area contributed by atoms with Gasteiger partial charge in [0.1, 0.15) is 11.6 Å². The van der Waals surface area contributed by atoms with Gasteiger partial charge in [-0.25, -0.2) is 4.98 Å². The number of benzene rings is 2. The van der Waals surface area contributed by atoms with E-state index in [1.54, 1.807) is 26.4 Å². The molecule has 0 unspecified atom stereocenters. The number of nitrogens with one attached hydrogen (secondary N) is 1. The van der Waals surface area contributed by atoms with Crippen LogP contribution in [0.3, 0.4) is 0 Å². The Morgan fingerprint density at radius 3 is 2.52 bits per heavy atom. The zero-order valence-electron chi connectivity index (χ0n) is 19.0. The zero-order chi connectivity index (χ0) is 23.2. The first-order chi connectivity index (χ1) is 16.1. The second-order valence-electron chi connectivity index (χ2n) is 7.59. The Balaban J connectivity index is 1.38. The fourth-order valence-corrected chi connectivity index (χ4v) is 3.67. The fourth-order valence-electron chi connectivity index (χ4n) is 3.67. The van der Waals surface area contributed by atoms with Crippen molar-refractivity contribution in [3.05, 3.63) is 48.3 Å². The van der Waals surface area contributed by atoms with Crippen LogP contribution in [0, 0.1) is 6.92 Å². The molecule has 0 aliphatic carbocycles. The molecule has 0 saturated heterocycles. The monoisotopic (exact) mass is 449 g/mol. The first-order valence-electron chi connectivity index (χ1n) is 10.9. The molecule has 2 heterocycles. The number of fused-ring (bicyclic) bond motifs is 3. The van der Waals surface area contributed by atoms with E-state index in [0.29, 0.717) is 41.7 Å². The summed E-state index contributed by atoms with van der Waals surface area (Å²) in [5, 5.41) is 11.9. The third-order valence-electron chi connectivity index (χ3n) is 5.32. The van der Waals surface area contributed by atoms with Crippen LogP contribution < -0.4 is 19.5 Å². The number of methoxy groups -OCH3 is 2. The predicted octanol–water partition coefficient (Wildman–Crippen LogP) is 4.18. The Bertz CT molecular complexity index is 1260. The van der Waals surface area contributed by atoms with Crippen molar-refractivity contribution >= 4 is 28.5 Å². The Morgan fingerprint density at radius 1 is 1.00 bits per heavy atom. The van der Waals surface area contributed by atoms with E-state index in [9.17, 15) is 4.79 Å². The van der Waals surface area contributed by atoms with Crippen molar-refractivity contribution in [3.8, 4) is 17.2 Å². The first-order valence-corrected chi connectivity index (χ1v) is 10.9. The summed E-state index contributed by atoms with van der Waals surface area (Å²) >= 11 is 0. The first kappa shape index (κ1) is 22.3. The number of para-hydroxylation sites is 1. The van der Waals surface area contributed by atoms with E-state index in [0.717, 1.165) is 36.1 Å². The van der Waals surface area contributed by atoms with Gasteiger partial charge >= 0.3 is 5.97 Å². The van der Waals surface area contributed by atoms with Gasteiger partial charge in [0.05, 0.1) is 25.3 Å². The van der Waals surface area contributed by atoms with Crippen molar-refractivity contribution in [2.75, 3.05) is 26.1 Å². The number of nitrogens with zero attached hydrogens (tertiary/aromatic N) is 4. The molecule has 0 fully saturated rings. The molecule has 33 heavy (non-hydrogen) atoms. The van der Waals surface area contributed by atoms with Crippen molar-refractivity contribution < 1.29 is 19.0 Å². The molecule has 2 aromatic heterocycles. The molecule has 0 spiro atoms. The molecule has 0 aliphatic heterocycles. The van der Waals surface area contributed by atoms with Gasteiger partial charge < -0.3 is 19.5 Å². The number of carbonyl (C=O) groups is 1. The van der Waals surface area contributed by atoms with Crippen molar-refractivity contribution in [2.24, 2.45) is 0 Å². The van der Waals surface area contributed by atoms with Gasteiger partial charge in [-0.2, -0.15) is 0 Å². The van der Waals surface area contributed by atoms with Crippen LogP contribution in [-0.2, 0) is 4.79 Å². The number of aryl methyl sites for hydroxylation is 1. The number of unbranched alkanes of at least 4 members (excludes halogenated alkanes) is 2. The van der Waals surface area contributed by atoms with E-state index in [1.807, 2.05) is 41.7 Å². The zero-order valence-corrected chi connectivity index (χ0v) is 19.0. The molecule has 4 aromatic rings. The molecular formula is C24H27N5O4. The molecule has 172 valence electrons. The van der Waals surface area contributed by atoms with Gasteiger partial charge in [-0.1, -0.05) is 24.6 Å². The van der Waals surface area contributed by atoms with Gasteiger partial charge in [-0.05, 0) is 31.9 Å². The minimum Gasteiger partial charge on any atom is -0.493 e. The van der Waals surface area contributed by atoms with Gasteiger partial charge in [0, 0.05) is 25.1 Å². The van der Waals surface area contributed by atoms with Gasteiger partial charge in [0.25, 0.3) is 0 Å². The van der Waals surface area contributed by atoms with E-state index in [1.165, 1.54) is 0 Å². The van der Waals surface area contributed by atoms with Gasteiger partial charge in [-0.15, -0.1) is 10.2 Å². The SMILES string of the molecule is COc1cc2nc(NCCCCCC(=O)Oc3ccccc3)c3nnc(C)n3c2cc1OC. The molecule has 2 aromatic carbocycles. The largest absolute Gasteiger partial charge is 0.493 e. The molecule has 9 heteroatoms. The predicted molar refractivity (Wildman–Crippen MR) is 125 cm³/mol. The van der Waals surface area contributed by atoms with Crippen LogP contribution in [0.1, 0.15) is 31.5 Å². The molecule has 0 saturated carbocycles. The smallest absolute Gasteiger partial charge is 0.311 e. The standard InChI is InChI=1S/C24H27N5O4/c1-16-27-28-24-23(26-18-14-20(31-2)21(32-3)15-19(18)29(16)24)25-13-9-5-8-12-22(30)33-17-10-6-4-7-11-17/h4,6-7,10-11,14-15H,5,8-9,12-13H2,1-3H3,(H,25,26). The lowest BCUT2D eigenvalue weighted by atomic mass is 10.2. The highest BCUT2D eigenvalue weighted by Crippen LogP contribution is 2.33. The number of hydrogen-bond acceptors (Lipinski definition) is 8. The quantitative estimate of drug-likeness (QED) is 0.219. The highest BCUT2D eigenvalue weighted by molar-refractivity contribution is 5.85. The molecule has 0 aliphatic rings. The lowest BCUT2D eigenvalue weighted by Crippen LogP contribution is -2.09. The second-order valence-corrected chi connectivity index (χ2v) is 7.59. The third-order valence-corrected chi connectivity index (χ3v) is 5.32. The second kappa shape index (κ2) is 10.2. The van der Waals surface area contributed by atoms with E-state index in [2.05, 4.69) is 15.5 Å². The number of esters is 1. The van der Waals surface area contributed by atoms with Crippen LogP contribution in [0.4, 0.5) is 5.82 Å². The summed E-state index contributed by atoms with van der Waals surface area (Å²) in [5.41, 5.74) is 2.24. The molecule has 4 rings (SSSR count). The lowest BCUT2D eigenvalue weighted by Gasteiger charge is -2.13. The van der Waals surface area contributed by atoms with Gasteiger partial charge in [0.15, 0.2) is 17.3 Å². The van der Waals surface area contributed by atoms with Crippen molar-refractivity contribution in [2.45, 2.75) is 32.6 Å². The number of ether oxygens (including phenoxy) is 3. The molecule has 0 amide bonds. The normalized spacial score (nSPS) is 11.0. The minimum absolute atomic E-state index is 0.213. The number of carbonyl (C=O) groups excluding carboxylic acids is 1. The summed E-state index contributed by atoms with van der Waals surface area (Å²) in [6.45, 7) is 2.59. The maximum Gasteiger partial charge on any atom is 0.311 e. The maximum absolute atomic E-state index is 12.0. The van der Waals surface area contributed by atoms with Crippen molar-refractivity contribution in [3.63, 3.8) is 0 Å². The van der Waals surface area contributed by atoms with Gasteiger partial charge in [0.2, 0.25) is 5.65 Å². The Hall–Kier alpha value is -3.88. The molecule has 0 atom stereocenters. The summed E-state index contributed by atoms with van der Waals surface area (Å²) in [5.74, 6) is 3.00. The molecule has 0 radical (unpaired) electrons. The maximum atomic E-state index is 12.0. The minimum atomic E-state index is -0.213. The van der Waals surface area contributed by atoms with E-state index in [-0.39, 0.29) is 5.97 Å². The van der Waals surface area contributed by atoms with Crippen LogP contribution in [0.5, 0.6) is 17.2 Å². The highest BCUT2D eigenvalue weighted by Gasteiger charge is 2.16. The Kier molecular flexibility index (Phi) is 6.87. The Labute approximate surface area is 191 Å². The third kappa shape index (κ3) is 4.97. The average Bonchev–Trinajstić information content (AvgIpc) is 3.23. The van der Waals surface area contributed by atoms with Crippen molar-refractivity contribution in [1.29, 1.82) is 0 Å². The summed E-state index contributed by atoms with van der Waals surface area (Å²) in [6.07, 6.45) is 2.91. The van der Waals surface area contributed by atoms with Crippen LogP contribution in [0.2, 0.25) is 0 Å².